The predicted molar refractivity (Wildman–Crippen MR) is 111 cm³/mol. The van der Waals surface area contributed by atoms with Crippen LogP contribution in [0.2, 0.25) is 0 Å². The summed E-state index contributed by atoms with van der Waals surface area (Å²) >= 11 is 0. The Labute approximate surface area is 177 Å². The number of nitrogens with zero attached hydrogens (tertiary/aromatic N) is 3. The molecule has 0 amide bonds. The summed E-state index contributed by atoms with van der Waals surface area (Å²) in [5.41, 5.74) is 0.0797. The Bertz CT molecular complexity index is 1270. The van der Waals surface area contributed by atoms with Crippen LogP contribution in [0, 0.1) is 0 Å². The van der Waals surface area contributed by atoms with E-state index in [0.29, 0.717) is 27.4 Å². The fourth-order valence-corrected chi connectivity index (χ4v) is 3.90. The highest BCUT2D eigenvalue weighted by Crippen LogP contribution is 2.38. The molecule has 0 aliphatic carbocycles. The van der Waals surface area contributed by atoms with Gasteiger partial charge in [0, 0.05) is 23.3 Å². The molecule has 0 spiro atoms. The van der Waals surface area contributed by atoms with E-state index in [1.807, 2.05) is 0 Å². The second-order valence-corrected chi connectivity index (χ2v) is 7.65. The van der Waals surface area contributed by atoms with Gasteiger partial charge in [-0.05, 0) is 53.9 Å². The second-order valence-electron chi connectivity index (χ2n) is 6.44. The summed E-state index contributed by atoms with van der Waals surface area (Å²) in [6.07, 6.45) is -1.43. The molecular weight excluding hydrogens is 429 g/mol. The zero-order chi connectivity index (χ0) is 22.0. The van der Waals surface area contributed by atoms with Gasteiger partial charge in [-0.2, -0.15) is 18.3 Å². The number of aromatic nitrogens is 3. The van der Waals surface area contributed by atoms with Crippen LogP contribution in [0.3, 0.4) is 0 Å². The Balaban J connectivity index is 1.73. The van der Waals surface area contributed by atoms with Crippen LogP contribution in [0.5, 0.6) is 5.75 Å². The van der Waals surface area contributed by atoms with Crippen molar-refractivity contribution >= 4 is 27.6 Å². The lowest BCUT2D eigenvalue weighted by Gasteiger charge is -2.14. The molecular formula is C21H15F3N4O2S. The molecule has 1 unspecified atom stereocenters. The van der Waals surface area contributed by atoms with Crippen LogP contribution in [0.15, 0.2) is 71.9 Å². The molecule has 1 N–H and O–H groups in total. The molecule has 0 aliphatic rings. The first-order valence-electron chi connectivity index (χ1n) is 8.97. The fraction of sp³-hybridized carbons (Fsp3) is 0.0952. The van der Waals surface area contributed by atoms with E-state index in [4.69, 9.17) is 4.74 Å². The molecule has 31 heavy (non-hydrogen) atoms. The van der Waals surface area contributed by atoms with Crippen molar-refractivity contribution in [3.05, 3.63) is 72.6 Å². The minimum Gasteiger partial charge on any atom is -0.496 e. The van der Waals surface area contributed by atoms with Crippen LogP contribution in [-0.2, 0) is 17.2 Å². The third-order valence-electron chi connectivity index (χ3n) is 4.50. The first-order chi connectivity index (χ1) is 14.9. The number of anilines is 1. The van der Waals surface area contributed by atoms with Gasteiger partial charge in [-0.15, -0.1) is 5.10 Å². The number of hydrogen-bond acceptors (Lipinski definition) is 5. The molecule has 2 heterocycles. The largest absolute Gasteiger partial charge is 0.496 e. The van der Waals surface area contributed by atoms with Crippen LogP contribution < -0.4 is 9.46 Å². The molecule has 4 aromatic rings. The highest BCUT2D eigenvalue weighted by Gasteiger charge is 2.31. The maximum atomic E-state index is 13.1. The molecule has 0 fully saturated rings. The summed E-state index contributed by atoms with van der Waals surface area (Å²) in [6.45, 7) is 0. The first kappa shape index (κ1) is 20.7. The van der Waals surface area contributed by atoms with Gasteiger partial charge in [0.05, 0.1) is 23.3 Å². The Hall–Kier alpha value is -3.53. The summed E-state index contributed by atoms with van der Waals surface area (Å²) in [6, 6.07) is 13.4. The Morgan fingerprint density at radius 1 is 1.03 bits per heavy atom. The van der Waals surface area contributed by atoms with Crippen molar-refractivity contribution in [3.8, 4) is 17.0 Å². The molecule has 10 heteroatoms. The quantitative estimate of drug-likeness (QED) is 0.476. The highest BCUT2D eigenvalue weighted by atomic mass is 32.2. The molecule has 2 aromatic heterocycles. The van der Waals surface area contributed by atoms with E-state index in [0.717, 1.165) is 17.5 Å². The molecule has 2 aromatic carbocycles. The number of rotatable bonds is 5. The Morgan fingerprint density at radius 3 is 2.58 bits per heavy atom. The minimum atomic E-state index is -4.48. The zero-order valence-corrected chi connectivity index (χ0v) is 16.9. The lowest BCUT2D eigenvalue weighted by atomic mass is 10.0. The van der Waals surface area contributed by atoms with E-state index in [1.54, 1.807) is 36.4 Å². The first-order valence-corrected chi connectivity index (χ1v) is 10.1. The van der Waals surface area contributed by atoms with Gasteiger partial charge in [-0.3, -0.25) is 9.71 Å². The van der Waals surface area contributed by atoms with E-state index in [-0.39, 0.29) is 5.75 Å². The lowest BCUT2D eigenvalue weighted by Crippen LogP contribution is -2.06. The van der Waals surface area contributed by atoms with E-state index in [1.165, 1.54) is 25.6 Å². The van der Waals surface area contributed by atoms with Crippen LogP contribution in [0.25, 0.3) is 22.0 Å². The number of nitrogens with one attached hydrogen (secondary N) is 1. The zero-order valence-electron chi connectivity index (χ0n) is 16.1. The third-order valence-corrected chi connectivity index (χ3v) is 5.58. The molecule has 4 rings (SSSR count). The summed E-state index contributed by atoms with van der Waals surface area (Å²) in [7, 11) is -0.274. The van der Waals surface area contributed by atoms with E-state index < -0.39 is 22.7 Å². The van der Waals surface area contributed by atoms with Gasteiger partial charge < -0.3 is 4.74 Å². The molecule has 0 radical (unpaired) electrons. The monoisotopic (exact) mass is 444 g/mol. The van der Waals surface area contributed by atoms with E-state index in [2.05, 4.69) is 19.9 Å². The summed E-state index contributed by atoms with van der Waals surface area (Å²) in [5, 5.41) is 8.97. The number of methoxy groups -OCH3 is 1. The third kappa shape index (κ3) is 4.33. The van der Waals surface area contributed by atoms with Crippen LogP contribution in [0.4, 0.5) is 19.0 Å². The Kier molecular flexibility index (Phi) is 5.55. The highest BCUT2D eigenvalue weighted by molar-refractivity contribution is 7.86. The standard InChI is InChI=1S/C21H15F3N4O2S/c1-30-18-12-14(21(22,23)24)4-6-17(18)20-16-7-5-15(11-13(16)8-10-25-20)31(29)28-19-3-2-9-26-27-19/h2-12H,1H3,(H,27,28). The molecule has 0 aliphatic heterocycles. The van der Waals surface area contributed by atoms with Crippen molar-refractivity contribution < 1.29 is 22.1 Å². The lowest BCUT2D eigenvalue weighted by molar-refractivity contribution is -0.137. The number of fused-ring (bicyclic) bond motifs is 1. The van der Waals surface area contributed by atoms with Gasteiger partial charge in [0.25, 0.3) is 0 Å². The normalized spacial score (nSPS) is 12.5. The van der Waals surface area contributed by atoms with Gasteiger partial charge in [-0.1, -0.05) is 6.07 Å². The van der Waals surface area contributed by atoms with Gasteiger partial charge in [0.15, 0.2) is 16.8 Å². The summed E-state index contributed by atoms with van der Waals surface area (Å²) < 4.78 is 59.8. The molecule has 0 bridgehead atoms. The predicted octanol–water partition coefficient (Wildman–Crippen LogP) is 4.85. The smallest absolute Gasteiger partial charge is 0.416 e. The van der Waals surface area contributed by atoms with Gasteiger partial charge >= 0.3 is 6.18 Å². The van der Waals surface area contributed by atoms with Gasteiger partial charge in [-0.25, -0.2) is 4.21 Å². The number of alkyl halides is 3. The van der Waals surface area contributed by atoms with Crippen molar-refractivity contribution in [2.45, 2.75) is 11.1 Å². The van der Waals surface area contributed by atoms with Crippen molar-refractivity contribution in [3.63, 3.8) is 0 Å². The van der Waals surface area contributed by atoms with E-state index >= 15 is 0 Å². The molecule has 1 atom stereocenters. The van der Waals surface area contributed by atoms with Crippen molar-refractivity contribution in [2.75, 3.05) is 11.8 Å². The van der Waals surface area contributed by atoms with Crippen molar-refractivity contribution in [1.29, 1.82) is 0 Å². The maximum Gasteiger partial charge on any atom is 0.416 e. The van der Waals surface area contributed by atoms with Crippen LogP contribution in [-0.4, -0.2) is 26.5 Å². The van der Waals surface area contributed by atoms with Crippen LogP contribution >= 0.6 is 0 Å². The molecule has 0 saturated heterocycles. The topological polar surface area (TPSA) is 77.0 Å². The average Bonchev–Trinajstić information content (AvgIpc) is 2.78. The maximum absolute atomic E-state index is 13.1. The minimum absolute atomic E-state index is 0.0618. The van der Waals surface area contributed by atoms with Crippen LogP contribution in [0.1, 0.15) is 5.56 Å². The number of ether oxygens (including phenoxy) is 1. The second kappa shape index (κ2) is 8.31. The Morgan fingerprint density at radius 2 is 1.87 bits per heavy atom. The SMILES string of the molecule is COc1cc(C(F)(F)F)ccc1-c1nccc2cc(S(=O)Nc3cccnn3)ccc12. The average molecular weight is 444 g/mol. The number of halogens is 3. The molecule has 6 nitrogen and oxygen atoms in total. The van der Waals surface area contributed by atoms with Crippen molar-refractivity contribution in [2.24, 2.45) is 0 Å². The van der Waals surface area contributed by atoms with Gasteiger partial charge in [0.2, 0.25) is 0 Å². The molecule has 158 valence electrons. The molecule has 0 saturated carbocycles. The van der Waals surface area contributed by atoms with Gasteiger partial charge in [0.1, 0.15) is 5.75 Å². The number of pyridine rings is 1. The number of hydrogen-bond donors (Lipinski definition) is 1. The summed E-state index contributed by atoms with van der Waals surface area (Å²) in [4.78, 5) is 4.84. The van der Waals surface area contributed by atoms with E-state index in [9.17, 15) is 17.4 Å². The summed E-state index contributed by atoms with van der Waals surface area (Å²) in [5.74, 6) is 0.428. The van der Waals surface area contributed by atoms with Crippen molar-refractivity contribution in [1.82, 2.24) is 15.2 Å². The fourth-order valence-electron chi connectivity index (χ4n) is 3.06. The number of benzene rings is 2.